The molecule has 0 saturated carbocycles. The van der Waals surface area contributed by atoms with E-state index in [1.807, 2.05) is 0 Å². The van der Waals surface area contributed by atoms with E-state index in [0.29, 0.717) is 6.42 Å². The molecular formula is C9H18NNaO3. The number of amides is 1. The molecule has 5 heteroatoms. The van der Waals surface area contributed by atoms with Crippen molar-refractivity contribution in [2.24, 2.45) is 11.7 Å². The topological polar surface area (TPSA) is 80.4 Å². The molecule has 0 bridgehead atoms. The summed E-state index contributed by atoms with van der Waals surface area (Å²) in [6.07, 6.45) is 4.26. The fourth-order valence-corrected chi connectivity index (χ4v) is 1.16. The average molecular weight is 211 g/mol. The van der Waals surface area contributed by atoms with Gasteiger partial charge in [0.25, 0.3) is 0 Å². The molecule has 78 valence electrons. The van der Waals surface area contributed by atoms with Crippen LogP contribution in [-0.2, 0) is 9.59 Å². The van der Waals surface area contributed by atoms with Gasteiger partial charge in [-0.15, -0.1) is 0 Å². The first-order chi connectivity index (χ1) is 6.09. The predicted molar refractivity (Wildman–Crippen MR) is 56.2 cm³/mol. The normalized spacial score (nSPS) is 11.5. The summed E-state index contributed by atoms with van der Waals surface area (Å²) >= 11 is 0. The van der Waals surface area contributed by atoms with Crippen LogP contribution in [0.25, 0.3) is 0 Å². The van der Waals surface area contributed by atoms with Gasteiger partial charge in [-0.3, -0.25) is 9.59 Å². The van der Waals surface area contributed by atoms with Gasteiger partial charge in [-0.2, -0.15) is 0 Å². The van der Waals surface area contributed by atoms with Crippen molar-refractivity contribution in [2.45, 2.75) is 39.0 Å². The Balaban J connectivity index is 0. The van der Waals surface area contributed by atoms with Gasteiger partial charge in [0.2, 0.25) is 5.91 Å². The van der Waals surface area contributed by atoms with Crippen LogP contribution in [0.5, 0.6) is 0 Å². The first kappa shape index (κ1) is 16.4. The van der Waals surface area contributed by atoms with Gasteiger partial charge in [0.15, 0.2) is 0 Å². The molecule has 0 radical (unpaired) electrons. The standard InChI is InChI=1S/C9H17NO3.Na.H/c1-2-3-4-5-6-7(8(10)11)9(12)13;;/h7H,2-6H2,1H3,(H2,10,11)(H,12,13);;. The summed E-state index contributed by atoms with van der Waals surface area (Å²) in [4.78, 5) is 21.1. The Kier molecular flexibility index (Phi) is 11.1. The molecule has 14 heavy (non-hydrogen) atoms. The number of carbonyl (C=O) groups excluding carboxylic acids is 1. The maximum atomic E-state index is 10.6. The molecule has 0 aromatic carbocycles. The Morgan fingerprint density at radius 3 is 2.21 bits per heavy atom. The van der Waals surface area contributed by atoms with Crippen LogP contribution in [0.4, 0.5) is 0 Å². The predicted octanol–water partition coefficient (Wildman–Crippen LogP) is 0.494. The van der Waals surface area contributed by atoms with Crippen molar-refractivity contribution in [1.29, 1.82) is 0 Å². The van der Waals surface area contributed by atoms with Crippen molar-refractivity contribution in [3.63, 3.8) is 0 Å². The molecule has 0 fully saturated rings. The van der Waals surface area contributed by atoms with Crippen LogP contribution >= 0.6 is 0 Å². The zero-order valence-electron chi connectivity index (χ0n) is 7.95. The number of carbonyl (C=O) groups is 2. The summed E-state index contributed by atoms with van der Waals surface area (Å²) in [7, 11) is 0. The Bertz CT molecular complexity index is 171. The number of aliphatic carboxylic acids is 1. The second-order valence-corrected chi connectivity index (χ2v) is 3.14. The van der Waals surface area contributed by atoms with Crippen molar-refractivity contribution in [3.8, 4) is 0 Å². The van der Waals surface area contributed by atoms with E-state index < -0.39 is 17.8 Å². The van der Waals surface area contributed by atoms with Crippen LogP contribution in [0, 0.1) is 5.92 Å². The van der Waals surface area contributed by atoms with Gasteiger partial charge in [0.05, 0.1) is 0 Å². The fraction of sp³-hybridized carbons (Fsp3) is 0.778. The van der Waals surface area contributed by atoms with Gasteiger partial charge in [-0.25, -0.2) is 0 Å². The molecule has 0 aromatic rings. The fourth-order valence-electron chi connectivity index (χ4n) is 1.16. The van der Waals surface area contributed by atoms with Crippen LogP contribution in [-0.4, -0.2) is 46.5 Å². The van der Waals surface area contributed by atoms with Gasteiger partial charge in [-0.05, 0) is 6.42 Å². The van der Waals surface area contributed by atoms with E-state index in [9.17, 15) is 9.59 Å². The van der Waals surface area contributed by atoms with E-state index >= 15 is 0 Å². The van der Waals surface area contributed by atoms with Crippen molar-refractivity contribution in [1.82, 2.24) is 0 Å². The molecule has 0 spiro atoms. The zero-order valence-corrected chi connectivity index (χ0v) is 7.95. The van der Waals surface area contributed by atoms with Gasteiger partial charge < -0.3 is 10.8 Å². The molecule has 0 saturated heterocycles. The number of unbranched alkanes of at least 4 members (excludes halogenated alkanes) is 3. The molecule has 0 heterocycles. The van der Waals surface area contributed by atoms with Crippen LogP contribution in [0.15, 0.2) is 0 Å². The summed E-state index contributed by atoms with van der Waals surface area (Å²) in [6.45, 7) is 2.07. The SMILES string of the molecule is CCCCCCC(C(N)=O)C(=O)O.[NaH]. The Morgan fingerprint density at radius 2 is 1.86 bits per heavy atom. The molecule has 4 nitrogen and oxygen atoms in total. The number of carboxylic acids is 1. The number of carboxylic acid groups (broad SMARTS) is 1. The molecule has 0 aromatic heterocycles. The summed E-state index contributed by atoms with van der Waals surface area (Å²) < 4.78 is 0. The van der Waals surface area contributed by atoms with E-state index in [4.69, 9.17) is 10.8 Å². The van der Waals surface area contributed by atoms with E-state index in [2.05, 4.69) is 6.92 Å². The van der Waals surface area contributed by atoms with E-state index in [1.54, 1.807) is 0 Å². The van der Waals surface area contributed by atoms with Crippen molar-refractivity contribution in [3.05, 3.63) is 0 Å². The minimum atomic E-state index is -1.11. The summed E-state index contributed by atoms with van der Waals surface area (Å²) in [5.74, 6) is -2.84. The molecular weight excluding hydrogens is 193 g/mol. The molecule has 3 N–H and O–H groups in total. The number of rotatable bonds is 7. The Labute approximate surface area is 107 Å². The Morgan fingerprint density at radius 1 is 1.29 bits per heavy atom. The van der Waals surface area contributed by atoms with E-state index in [-0.39, 0.29) is 29.6 Å². The molecule has 0 aliphatic carbocycles. The molecule has 1 atom stereocenters. The van der Waals surface area contributed by atoms with Gasteiger partial charge in [0, 0.05) is 0 Å². The molecule has 0 aliphatic rings. The van der Waals surface area contributed by atoms with E-state index in [1.165, 1.54) is 0 Å². The molecule has 0 aliphatic heterocycles. The second kappa shape index (κ2) is 9.49. The number of primary amides is 1. The van der Waals surface area contributed by atoms with Crippen LogP contribution in [0.2, 0.25) is 0 Å². The molecule has 1 amide bonds. The van der Waals surface area contributed by atoms with Crippen molar-refractivity contribution in [2.75, 3.05) is 0 Å². The van der Waals surface area contributed by atoms with Crippen LogP contribution in [0.1, 0.15) is 39.0 Å². The first-order valence-corrected chi connectivity index (χ1v) is 4.61. The van der Waals surface area contributed by atoms with E-state index in [0.717, 1.165) is 25.7 Å². The number of hydrogen-bond acceptors (Lipinski definition) is 2. The number of hydrogen-bond donors (Lipinski definition) is 2. The summed E-state index contributed by atoms with van der Waals surface area (Å²) in [6, 6.07) is 0. The van der Waals surface area contributed by atoms with Gasteiger partial charge in [0.1, 0.15) is 5.92 Å². The first-order valence-electron chi connectivity index (χ1n) is 4.61. The van der Waals surface area contributed by atoms with Gasteiger partial charge in [-0.1, -0.05) is 32.6 Å². The van der Waals surface area contributed by atoms with Gasteiger partial charge >= 0.3 is 35.5 Å². The third kappa shape index (κ3) is 7.35. The quantitative estimate of drug-likeness (QED) is 0.365. The number of nitrogens with two attached hydrogens (primary N) is 1. The second-order valence-electron chi connectivity index (χ2n) is 3.14. The third-order valence-electron chi connectivity index (χ3n) is 1.99. The molecule has 0 rings (SSSR count). The summed E-state index contributed by atoms with van der Waals surface area (Å²) in [5.41, 5.74) is 4.93. The summed E-state index contributed by atoms with van der Waals surface area (Å²) in [5, 5.41) is 8.60. The minimum absolute atomic E-state index is 0. The van der Waals surface area contributed by atoms with Crippen LogP contribution in [0.3, 0.4) is 0 Å². The van der Waals surface area contributed by atoms with Crippen molar-refractivity contribution < 1.29 is 14.7 Å². The van der Waals surface area contributed by atoms with Crippen LogP contribution < -0.4 is 5.73 Å². The maximum absolute atomic E-state index is 10.6. The van der Waals surface area contributed by atoms with Crippen molar-refractivity contribution >= 4 is 41.4 Å². The average Bonchev–Trinajstić information content (AvgIpc) is 2.02. The third-order valence-corrected chi connectivity index (χ3v) is 1.99. The molecule has 1 unspecified atom stereocenters. The zero-order chi connectivity index (χ0) is 10.3. The Hall–Kier alpha value is -0.0600. The monoisotopic (exact) mass is 211 g/mol.